The molecule has 1 aromatic rings. The maximum atomic E-state index is 13.3. The Morgan fingerprint density at radius 3 is 2.36 bits per heavy atom. The Hall–Kier alpha value is -2.32. The second-order valence-electron chi connectivity index (χ2n) is 6.26. The molecule has 1 aliphatic rings. The predicted octanol–water partition coefficient (Wildman–Crippen LogP) is 3.18. The minimum atomic E-state index is -4.78. The Morgan fingerprint density at radius 1 is 1.24 bits per heavy atom. The average Bonchev–Trinajstić information content (AvgIpc) is 2.51. The number of likely N-dealkylation sites (tertiary alicyclic amines) is 1. The van der Waals surface area contributed by atoms with Crippen LogP contribution in [-0.4, -0.2) is 41.3 Å². The molecule has 2 N–H and O–H groups in total. The summed E-state index contributed by atoms with van der Waals surface area (Å²) in [5.41, 5.74) is -0.304. The fraction of sp³-hybridized carbons (Fsp3) is 0.500. The Labute approximate surface area is 141 Å². The first kappa shape index (κ1) is 19.0. The van der Waals surface area contributed by atoms with Crippen LogP contribution in [0.4, 0.5) is 22.4 Å². The monoisotopic (exact) mass is 362 g/mol. The number of aliphatic carboxylic acids is 1. The number of nitrogens with zero attached hydrogens (tertiary/aromatic N) is 1. The van der Waals surface area contributed by atoms with E-state index in [-0.39, 0.29) is 24.6 Å². The molecule has 1 heterocycles. The summed E-state index contributed by atoms with van der Waals surface area (Å²) < 4.78 is 52.8. The summed E-state index contributed by atoms with van der Waals surface area (Å²) in [7, 11) is 0. The summed E-state index contributed by atoms with van der Waals surface area (Å²) in [5, 5.41) is 11.0. The maximum absolute atomic E-state index is 13.3. The van der Waals surface area contributed by atoms with Gasteiger partial charge >= 0.3 is 18.2 Å². The molecule has 1 aliphatic heterocycles. The summed E-state index contributed by atoms with van der Waals surface area (Å²) in [6.45, 7) is 1.75. The topological polar surface area (TPSA) is 69.6 Å². The first-order valence-electron chi connectivity index (χ1n) is 7.68. The van der Waals surface area contributed by atoms with E-state index in [0.717, 1.165) is 29.2 Å². The van der Waals surface area contributed by atoms with Crippen LogP contribution in [0.2, 0.25) is 0 Å². The number of halogens is 4. The molecule has 0 spiro atoms. The zero-order chi connectivity index (χ0) is 18.8. The molecular weight excluding hydrogens is 344 g/mol. The number of hydrogen-bond acceptors (Lipinski definition) is 2. The Kier molecular flexibility index (Phi) is 5.54. The summed E-state index contributed by atoms with van der Waals surface area (Å²) in [6.07, 6.45) is -4.42. The molecular formula is C16H18F4N2O3. The summed E-state index contributed by atoms with van der Waals surface area (Å²) in [5.74, 6) is -2.74. The third kappa shape index (κ3) is 4.83. The summed E-state index contributed by atoms with van der Waals surface area (Å²) >= 11 is 0. The fourth-order valence-electron chi connectivity index (χ4n) is 2.92. The Morgan fingerprint density at radius 2 is 1.84 bits per heavy atom. The molecule has 1 saturated heterocycles. The number of amides is 2. The van der Waals surface area contributed by atoms with E-state index in [1.54, 1.807) is 6.92 Å². The zero-order valence-corrected chi connectivity index (χ0v) is 13.4. The quantitative estimate of drug-likeness (QED) is 0.812. The van der Waals surface area contributed by atoms with Crippen molar-refractivity contribution in [2.24, 2.45) is 11.8 Å². The predicted molar refractivity (Wildman–Crippen MR) is 80.2 cm³/mol. The van der Waals surface area contributed by atoms with Gasteiger partial charge in [-0.3, -0.25) is 4.79 Å². The van der Waals surface area contributed by atoms with Crippen molar-refractivity contribution in [3.8, 4) is 0 Å². The molecule has 1 aromatic carbocycles. The molecule has 3 atom stereocenters. The molecule has 0 bridgehead atoms. The van der Waals surface area contributed by atoms with Crippen molar-refractivity contribution in [2.45, 2.75) is 25.6 Å². The van der Waals surface area contributed by atoms with Gasteiger partial charge < -0.3 is 15.3 Å². The van der Waals surface area contributed by atoms with Gasteiger partial charge in [0, 0.05) is 13.1 Å². The van der Waals surface area contributed by atoms with Crippen molar-refractivity contribution >= 4 is 12.0 Å². The number of piperidine rings is 1. The number of carbonyl (C=O) groups is 2. The lowest BCUT2D eigenvalue weighted by molar-refractivity contribution is -0.156. The lowest BCUT2D eigenvalue weighted by Gasteiger charge is -2.35. The second kappa shape index (κ2) is 7.28. The van der Waals surface area contributed by atoms with Gasteiger partial charge in [-0.25, -0.2) is 9.18 Å². The number of benzene rings is 1. The van der Waals surface area contributed by atoms with Gasteiger partial charge in [0.05, 0.1) is 5.92 Å². The molecule has 1 fully saturated rings. The maximum Gasteiger partial charge on any atom is 0.412 e. The van der Waals surface area contributed by atoms with Crippen molar-refractivity contribution in [2.75, 3.05) is 13.1 Å². The molecule has 5 nitrogen and oxygen atoms in total. The standard InChI is InChI=1S/C16H18F4N2O3/c1-9-6-11(14(23)24)8-22(7-9)15(25)21-13(16(18,19)20)10-2-4-12(17)5-3-10/h2-5,9,11,13H,6-8H2,1H3,(H,21,25)(H,23,24)/t9?,11?,13-/m1/s1. The highest BCUT2D eigenvalue weighted by molar-refractivity contribution is 5.77. The number of rotatable bonds is 3. The molecule has 2 unspecified atom stereocenters. The molecule has 2 amide bonds. The Bertz CT molecular complexity index is 633. The van der Waals surface area contributed by atoms with Crippen LogP contribution in [0.15, 0.2) is 24.3 Å². The molecule has 0 aliphatic carbocycles. The van der Waals surface area contributed by atoms with Gasteiger partial charge in [-0.2, -0.15) is 13.2 Å². The van der Waals surface area contributed by atoms with Crippen LogP contribution in [-0.2, 0) is 4.79 Å². The van der Waals surface area contributed by atoms with Gasteiger partial charge in [-0.15, -0.1) is 0 Å². The van der Waals surface area contributed by atoms with Gasteiger partial charge in [0.2, 0.25) is 0 Å². The van der Waals surface area contributed by atoms with E-state index < -0.39 is 36.0 Å². The zero-order valence-electron chi connectivity index (χ0n) is 13.4. The number of carboxylic acids is 1. The van der Waals surface area contributed by atoms with E-state index in [9.17, 15) is 27.2 Å². The minimum absolute atomic E-state index is 0.143. The van der Waals surface area contributed by atoms with Crippen LogP contribution in [0.5, 0.6) is 0 Å². The third-order valence-electron chi connectivity index (χ3n) is 4.09. The molecule has 2 rings (SSSR count). The summed E-state index contributed by atoms with van der Waals surface area (Å²) in [6, 6.07) is 0.359. The summed E-state index contributed by atoms with van der Waals surface area (Å²) in [4.78, 5) is 24.5. The highest BCUT2D eigenvalue weighted by Crippen LogP contribution is 2.33. The first-order valence-corrected chi connectivity index (χ1v) is 7.68. The highest BCUT2D eigenvalue weighted by Gasteiger charge is 2.43. The van der Waals surface area contributed by atoms with Crippen LogP contribution < -0.4 is 5.32 Å². The van der Waals surface area contributed by atoms with Crippen molar-refractivity contribution < 1.29 is 32.3 Å². The SMILES string of the molecule is CC1CC(C(=O)O)CN(C(=O)N[C@H](c2ccc(F)cc2)C(F)(F)F)C1. The van der Waals surface area contributed by atoms with Crippen molar-refractivity contribution in [1.29, 1.82) is 0 Å². The lowest BCUT2D eigenvalue weighted by atomic mass is 9.91. The average molecular weight is 362 g/mol. The van der Waals surface area contributed by atoms with E-state index in [4.69, 9.17) is 5.11 Å². The molecule has 0 radical (unpaired) electrons. The van der Waals surface area contributed by atoms with Crippen LogP contribution in [0.1, 0.15) is 24.9 Å². The number of carbonyl (C=O) groups excluding carboxylic acids is 1. The molecule has 25 heavy (non-hydrogen) atoms. The van der Waals surface area contributed by atoms with Crippen molar-refractivity contribution in [3.63, 3.8) is 0 Å². The van der Waals surface area contributed by atoms with E-state index in [1.807, 2.05) is 5.32 Å². The van der Waals surface area contributed by atoms with Gasteiger partial charge in [-0.1, -0.05) is 19.1 Å². The number of nitrogens with one attached hydrogen (secondary N) is 1. The van der Waals surface area contributed by atoms with Crippen LogP contribution in [0, 0.1) is 17.7 Å². The minimum Gasteiger partial charge on any atom is -0.481 e. The van der Waals surface area contributed by atoms with Crippen LogP contribution in [0.3, 0.4) is 0 Å². The first-order chi connectivity index (χ1) is 11.6. The number of carboxylic acid groups (broad SMARTS) is 1. The Balaban J connectivity index is 2.16. The van der Waals surface area contributed by atoms with Gasteiger partial charge in [-0.05, 0) is 30.0 Å². The molecule has 0 aromatic heterocycles. The van der Waals surface area contributed by atoms with Gasteiger partial charge in [0.1, 0.15) is 5.82 Å². The van der Waals surface area contributed by atoms with Gasteiger partial charge in [0.25, 0.3) is 0 Å². The normalized spacial score (nSPS) is 22.4. The number of urea groups is 1. The van der Waals surface area contributed by atoms with E-state index in [1.165, 1.54) is 0 Å². The number of hydrogen-bond donors (Lipinski definition) is 2. The van der Waals surface area contributed by atoms with Crippen molar-refractivity contribution in [3.05, 3.63) is 35.6 Å². The molecule has 9 heteroatoms. The van der Waals surface area contributed by atoms with E-state index in [2.05, 4.69) is 0 Å². The smallest absolute Gasteiger partial charge is 0.412 e. The van der Waals surface area contributed by atoms with E-state index >= 15 is 0 Å². The highest BCUT2D eigenvalue weighted by atomic mass is 19.4. The second-order valence-corrected chi connectivity index (χ2v) is 6.26. The van der Waals surface area contributed by atoms with E-state index in [0.29, 0.717) is 6.42 Å². The van der Waals surface area contributed by atoms with Gasteiger partial charge in [0.15, 0.2) is 6.04 Å². The molecule has 0 saturated carbocycles. The largest absolute Gasteiger partial charge is 0.481 e. The number of alkyl halides is 3. The van der Waals surface area contributed by atoms with Crippen molar-refractivity contribution in [1.82, 2.24) is 10.2 Å². The van der Waals surface area contributed by atoms with Crippen LogP contribution in [0.25, 0.3) is 0 Å². The fourth-order valence-corrected chi connectivity index (χ4v) is 2.92. The van der Waals surface area contributed by atoms with Crippen LogP contribution >= 0.6 is 0 Å². The molecule has 138 valence electrons. The lowest BCUT2D eigenvalue weighted by Crippen LogP contribution is -2.51. The third-order valence-corrected chi connectivity index (χ3v) is 4.09.